The van der Waals surface area contributed by atoms with Crippen molar-refractivity contribution in [3.8, 4) is 0 Å². The molecule has 6 rings (SSSR count). The van der Waals surface area contributed by atoms with Gasteiger partial charge in [-0.1, -0.05) is 0 Å². The smallest absolute Gasteiger partial charge is 0.238 e. The molecule has 2 aliphatic rings. The number of anilines is 3. The third-order valence-electron chi connectivity index (χ3n) is 7.83. The minimum absolute atomic E-state index is 0.0629. The summed E-state index contributed by atoms with van der Waals surface area (Å²) in [6, 6.07) is 13.3. The van der Waals surface area contributed by atoms with Crippen LogP contribution >= 0.6 is 11.8 Å². The molecule has 2 saturated heterocycles. The molecule has 0 spiro atoms. The number of likely N-dealkylation sites (tertiary alicyclic amines) is 2. The second-order valence-corrected chi connectivity index (χ2v) is 12.0. The molecule has 12 nitrogen and oxygen atoms in total. The molecule has 0 aliphatic carbocycles. The Morgan fingerprint density at radius 3 is 2.64 bits per heavy atom. The summed E-state index contributed by atoms with van der Waals surface area (Å²) in [4.78, 5) is 40.0. The SMILES string of the molecule is Cc1cc(Nc2nc(Sc3ccc(NC(=O)CN4CCC(C(=O)N5CCC(CO)CC5)C4)cc3)nc3cccn23)n[nH]1. The number of carbonyl (C=O) groups excluding carboxylic acids is 2. The van der Waals surface area contributed by atoms with Gasteiger partial charge >= 0.3 is 0 Å². The van der Waals surface area contributed by atoms with Gasteiger partial charge in [0.05, 0.1) is 12.5 Å². The number of carbonyl (C=O) groups is 2. The first kappa shape index (κ1) is 28.2. The molecule has 220 valence electrons. The molecule has 5 heterocycles. The number of aliphatic hydroxyl groups excluding tert-OH is 1. The second kappa shape index (κ2) is 12.5. The molecule has 2 fully saturated rings. The fourth-order valence-corrected chi connectivity index (χ4v) is 6.28. The Balaban J connectivity index is 1.01. The topological polar surface area (TPSA) is 144 Å². The van der Waals surface area contributed by atoms with Gasteiger partial charge in [0, 0.05) is 54.8 Å². The Labute approximate surface area is 247 Å². The number of fused-ring (bicyclic) bond motifs is 1. The fraction of sp³-hybridized carbons (Fsp3) is 0.414. The van der Waals surface area contributed by atoms with Crippen molar-refractivity contribution >= 4 is 46.7 Å². The molecule has 4 N–H and O–H groups in total. The van der Waals surface area contributed by atoms with E-state index in [1.807, 2.05) is 69.8 Å². The lowest BCUT2D eigenvalue weighted by Gasteiger charge is -2.32. The van der Waals surface area contributed by atoms with E-state index in [0.29, 0.717) is 48.2 Å². The highest BCUT2D eigenvalue weighted by molar-refractivity contribution is 7.99. The van der Waals surface area contributed by atoms with Crippen LogP contribution in [-0.4, -0.2) is 90.6 Å². The van der Waals surface area contributed by atoms with Crippen molar-refractivity contribution in [3.05, 3.63) is 54.4 Å². The summed E-state index contributed by atoms with van der Waals surface area (Å²) in [6.07, 6.45) is 4.38. The van der Waals surface area contributed by atoms with Crippen molar-refractivity contribution in [3.63, 3.8) is 0 Å². The van der Waals surface area contributed by atoms with Gasteiger partial charge in [0.15, 0.2) is 11.0 Å². The van der Waals surface area contributed by atoms with Crippen LogP contribution in [0.25, 0.3) is 5.65 Å². The van der Waals surface area contributed by atoms with Crippen molar-refractivity contribution in [1.29, 1.82) is 0 Å². The van der Waals surface area contributed by atoms with Crippen molar-refractivity contribution in [2.75, 3.05) is 50.0 Å². The number of nitrogens with one attached hydrogen (secondary N) is 3. The lowest BCUT2D eigenvalue weighted by molar-refractivity contribution is -0.136. The molecule has 0 radical (unpaired) electrons. The largest absolute Gasteiger partial charge is 0.396 e. The van der Waals surface area contributed by atoms with Gasteiger partial charge in [-0.3, -0.25) is 24.0 Å². The molecule has 0 bridgehead atoms. The summed E-state index contributed by atoms with van der Waals surface area (Å²) in [5.74, 6) is 1.61. The van der Waals surface area contributed by atoms with E-state index < -0.39 is 0 Å². The van der Waals surface area contributed by atoms with Crippen LogP contribution in [0.15, 0.2) is 58.7 Å². The molecule has 1 atom stereocenters. The van der Waals surface area contributed by atoms with Gasteiger partial charge < -0.3 is 20.6 Å². The van der Waals surface area contributed by atoms with Crippen LogP contribution in [0.5, 0.6) is 0 Å². The van der Waals surface area contributed by atoms with E-state index in [2.05, 4.69) is 25.8 Å². The summed E-state index contributed by atoms with van der Waals surface area (Å²) in [7, 11) is 0. The van der Waals surface area contributed by atoms with E-state index in [4.69, 9.17) is 4.98 Å². The molecule has 0 saturated carbocycles. The standard InChI is InChI=1S/C29H35N9O3S/c1-19-15-24(35-34-19)31-28-33-29(32-25-3-2-11-38(25)28)42-23-6-4-22(5-7-23)30-26(40)17-36-12-10-21(16-36)27(41)37-13-8-20(18-39)9-14-37/h2-7,11,15,20-21,39H,8-10,12-14,16-18H2,1H3,(H,30,40)(H2,31,32,33,34,35). The maximum atomic E-state index is 12.9. The van der Waals surface area contributed by atoms with Crippen LogP contribution < -0.4 is 10.6 Å². The second-order valence-electron chi connectivity index (χ2n) is 11.0. The average molecular weight is 590 g/mol. The first-order valence-corrected chi connectivity index (χ1v) is 15.1. The molecular weight excluding hydrogens is 554 g/mol. The third-order valence-corrected chi connectivity index (χ3v) is 8.71. The number of benzene rings is 1. The Hall–Kier alpha value is -3.94. The van der Waals surface area contributed by atoms with Crippen LogP contribution in [0.1, 0.15) is 25.0 Å². The minimum atomic E-state index is -0.0985. The highest BCUT2D eigenvalue weighted by Crippen LogP contribution is 2.28. The summed E-state index contributed by atoms with van der Waals surface area (Å²) in [6.45, 7) is 5.15. The molecule has 3 aromatic heterocycles. The van der Waals surface area contributed by atoms with Gasteiger partial charge in [-0.15, -0.1) is 0 Å². The fourth-order valence-electron chi connectivity index (χ4n) is 5.53. The normalized spacial score (nSPS) is 18.0. The zero-order chi connectivity index (χ0) is 29.1. The summed E-state index contributed by atoms with van der Waals surface area (Å²) in [5.41, 5.74) is 2.42. The number of aliphatic hydroxyl groups is 1. The van der Waals surface area contributed by atoms with Gasteiger partial charge in [0.2, 0.25) is 17.8 Å². The number of aryl methyl sites for hydroxylation is 1. The van der Waals surface area contributed by atoms with E-state index in [0.717, 1.165) is 42.0 Å². The molecule has 4 aromatic rings. The van der Waals surface area contributed by atoms with Gasteiger partial charge in [0.1, 0.15) is 5.65 Å². The highest BCUT2D eigenvalue weighted by atomic mass is 32.2. The monoisotopic (exact) mass is 589 g/mol. The first-order valence-electron chi connectivity index (χ1n) is 14.3. The molecule has 1 unspecified atom stereocenters. The lowest BCUT2D eigenvalue weighted by Crippen LogP contribution is -2.43. The number of hydrogen-bond donors (Lipinski definition) is 4. The van der Waals surface area contributed by atoms with Crippen molar-refractivity contribution < 1.29 is 14.7 Å². The number of aromatic amines is 1. The third kappa shape index (κ3) is 6.58. The Morgan fingerprint density at radius 1 is 1.10 bits per heavy atom. The molecule has 42 heavy (non-hydrogen) atoms. The molecule has 2 aliphatic heterocycles. The van der Waals surface area contributed by atoms with Crippen LogP contribution in [0, 0.1) is 18.8 Å². The first-order chi connectivity index (χ1) is 20.4. The van der Waals surface area contributed by atoms with Crippen LogP contribution in [0.3, 0.4) is 0 Å². The molecular formula is C29H35N9O3S. The summed E-state index contributed by atoms with van der Waals surface area (Å²) < 4.78 is 1.87. The number of hydrogen-bond acceptors (Lipinski definition) is 9. The van der Waals surface area contributed by atoms with Crippen LogP contribution in [0.4, 0.5) is 17.5 Å². The lowest BCUT2D eigenvalue weighted by atomic mass is 9.96. The van der Waals surface area contributed by atoms with Gasteiger partial charge in [-0.05, 0) is 86.8 Å². The van der Waals surface area contributed by atoms with Crippen molar-refractivity contribution in [2.45, 2.75) is 36.2 Å². The maximum absolute atomic E-state index is 12.9. The maximum Gasteiger partial charge on any atom is 0.238 e. The summed E-state index contributed by atoms with van der Waals surface area (Å²) in [5, 5.41) is 23.3. The average Bonchev–Trinajstić information content (AvgIpc) is 3.75. The van der Waals surface area contributed by atoms with Crippen LogP contribution in [0.2, 0.25) is 0 Å². The van der Waals surface area contributed by atoms with E-state index in [9.17, 15) is 14.7 Å². The van der Waals surface area contributed by atoms with Crippen molar-refractivity contribution in [2.24, 2.45) is 11.8 Å². The van der Waals surface area contributed by atoms with E-state index in [-0.39, 0.29) is 30.9 Å². The molecule has 2 amide bonds. The van der Waals surface area contributed by atoms with Crippen molar-refractivity contribution in [1.82, 2.24) is 34.4 Å². The summed E-state index contributed by atoms with van der Waals surface area (Å²) >= 11 is 1.43. The number of nitrogens with zero attached hydrogens (tertiary/aromatic N) is 6. The Bertz CT molecular complexity index is 1550. The van der Waals surface area contributed by atoms with Gasteiger partial charge in [0.25, 0.3) is 0 Å². The number of piperidine rings is 1. The predicted octanol–water partition coefficient (Wildman–Crippen LogP) is 3.15. The molecule has 13 heteroatoms. The van der Waals surface area contributed by atoms with Gasteiger partial charge in [-0.2, -0.15) is 10.1 Å². The van der Waals surface area contributed by atoms with E-state index in [1.165, 1.54) is 11.8 Å². The predicted molar refractivity (Wildman–Crippen MR) is 160 cm³/mol. The number of aromatic nitrogens is 5. The van der Waals surface area contributed by atoms with Gasteiger partial charge in [-0.25, -0.2) is 4.98 Å². The quantitative estimate of drug-likeness (QED) is 0.231. The van der Waals surface area contributed by atoms with E-state index in [1.54, 1.807) is 0 Å². The zero-order valence-electron chi connectivity index (χ0n) is 23.5. The Morgan fingerprint density at radius 2 is 1.90 bits per heavy atom. The van der Waals surface area contributed by atoms with Crippen LogP contribution in [-0.2, 0) is 9.59 Å². The van der Waals surface area contributed by atoms with E-state index >= 15 is 0 Å². The number of rotatable bonds is 9. The molecule has 1 aromatic carbocycles. The number of amides is 2. The number of H-pyrrole nitrogens is 1. The minimum Gasteiger partial charge on any atom is -0.396 e. The Kier molecular flexibility index (Phi) is 8.40. The highest BCUT2D eigenvalue weighted by Gasteiger charge is 2.33. The zero-order valence-corrected chi connectivity index (χ0v) is 24.3.